The lowest BCUT2D eigenvalue weighted by atomic mass is 10.2. The zero-order valence-electron chi connectivity index (χ0n) is 10.4. The second-order valence-corrected chi connectivity index (χ2v) is 6.45. The Balaban J connectivity index is 2.20. The summed E-state index contributed by atoms with van der Waals surface area (Å²) in [5.41, 5.74) is 1.08. The first kappa shape index (κ1) is 16.0. The van der Waals surface area contributed by atoms with Gasteiger partial charge in [0.2, 0.25) is 0 Å². The van der Waals surface area contributed by atoms with Gasteiger partial charge in [0.1, 0.15) is 5.75 Å². The molecule has 108 valence electrons. The van der Waals surface area contributed by atoms with Gasteiger partial charge in [0, 0.05) is 11.3 Å². The molecular weight excluding hydrogens is 500 g/mol. The Hall–Kier alpha value is -1.36. The lowest BCUT2D eigenvalue weighted by Crippen LogP contribution is -2.12. The number of hydrogen-bond acceptors (Lipinski definition) is 3. The number of carboxylic acids is 1. The number of hydrogen-bond donors (Lipinski definition) is 3. The van der Waals surface area contributed by atoms with E-state index < -0.39 is 5.97 Å². The van der Waals surface area contributed by atoms with E-state index in [1.807, 2.05) is 45.2 Å². The fourth-order valence-corrected chi connectivity index (χ4v) is 3.36. The molecule has 0 aliphatic carbocycles. The fraction of sp³-hybridized carbons (Fsp3) is 0. The van der Waals surface area contributed by atoms with E-state index in [2.05, 4.69) is 5.32 Å². The van der Waals surface area contributed by atoms with Crippen molar-refractivity contribution in [3.05, 3.63) is 54.7 Å². The second-order valence-electron chi connectivity index (χ2n) is 4.13. The van der Waals surface area contributed by atoms with E-state index in [-0.39, 0.29) is 17.2 Å². The van der Waals surface area contributed by atoms with E-state index in [1.54, 1.807) is 12.1 Å². The fourth-order valence-electron chi connectivity index (χ4n) is 1.60. The van der Waals surface area contributed by atoms with Crippen LogP contribution in [0.3, 0.4) is 0 Å². The molecule has 0 aromatic heterocycles. The highest BCUT2D eigenvalue weighted by molar-refractivity contribution is 14.1. The summed E-state index contributed by atoms with van der Waals surface area (Å²) in [7, 11) is 0. The molecule has 1 amide bonds. The third kappa shape index (κ3) is 3.84. The van der Waals surface area contributed by atoms with Gasteiger partial charge in [-0.2, -0.15) is 0 Å². The van der Waals surface area contributed by atoms with Crippen molar-refractivity contribution in [2.75, 3.05) is 5.32 Å². The van der Waals surface area contributed by atoms with Gasteiger partial charge in [-0.1, -0.05) is 0 Å². The number of carbonyl (C=O) groups excluding carboxylic acids is 1. The number of carbonyl (C=O) groups is 2. The maximum Gasteiger partial charge on any atom is 0.335 e. The van der Waals surface area contributed by atoms with Gasteiger partial charge in [-0.05, 0) is 81.6 Å². The summed E-state index contributed by atoms with van der Waals surface area (Å²) in [6, 6.07) is 9.05. The lowest BCUT2D eigenvalue weighted by molar-refractivity contribution is 0.0696. The maximum absolute atomic E-state index is 12.1. The van der Waals surface area contributed by atoms with E-state index in [1.165, 1.54) is 24.3 Å². The van der Waals surface area contributed by atoms with Crippen LogP contribution in [0.2, 0.25) is 0 Å². The summed E-state index contributed by atoms with van der Waals surface area (Å²) >= 11 is 3.90. The molecule has 2 aromatic rings. The molecule has 3 N–H and O–H groups in total. The summed E-state index contributed by atoms with van der Waals surface area (Å²) in [6.07, 6.45) is 0. The molecule has 0 spiro atoms. The number of amides is 1. The van der Waals surface area contributed by atoms with Gasteiger partial charge in [-0.15, -0.1) is 0 Å². The summed E-state index contributed by atoms with van der Waals surface area (Å²) in [5, 5.41) is 21.2. The number of phenols is 1. The van der Waals surface area contributed by atoms with Crippen molar-refractivity contribution in [1.29, 1.82) is 0 Å². The van der Waals surface area contributed by atoms with Crippen LogP contribution in [0.1, 0.15) is 20.7 Å². The van der Waals surface area contributed by atoms with Crippen molar-refractivity contribution in [2.45, 2.75) is 0 Å². The third-order valence-electron chi connectivity index (χ3n) is 2.67. The van der Waals surface area contributed by atoms with Crippen molar-refractivity contribution < 1.29 is 19.8 Å². The molecule has 0 saturated carbocycles. The third-order valence-corrected chi connectivity index (χ3v) is 4.31. The van der Waals surface area contributed by atoms with Crippen LogP contribution in [-0.4, -0.2) is 22.1 Å². The quantitative estimate of drug-likeness (QED) is 0.553. The number of halogens is 2. The van der Waals surface area contributed by atoms with E-state index in [9.17, 15) is 14.7 Å². The Kier molecular flexibility index (Phi) is 5.04. The topological polar surface area (TPSA) is 86.6 Å². The summed E-state index contributed by atoms with van der Waals surface area (Å²) < 4.78 is 1.18. The molecule has 0 bridgehead atoms. The van der Waals surface area contributed by atoms with Gasteiger partial charge < -0.3 is 15.5 Å². The number of aromatic hydroxyl groups is 1. The van der Waals surface area contributed by atoms with Crippen LogP contribution >= 0.6 is 45.2 Å². The number of anilines is 1. The average molecular weight is 509 g/mol. The molecule has 0 heterocycles. The smallest absolute Gasteiger partial charge is 0.335 e. The van der Waals surface area contributed by atoms with Crippen LogP contribution in [0.5, 0.6) is 5.75 Å². The number of carboxylic acid groups (broad SMARTS) is 1. The minimum absolute atomic E-state index is 0.151. The zero-order valence-corrected chi connectivity index (χ0v) is 14.7. The predicted octanol–water partition coefficient (Wildman–Crippen LogP) is 3.55. The molecular formula is C14H9I2NO4. The minimum atomic E-state index is -1.02. The van der Waals surface area contributed by atoms with Crippen molar-refractivity contribution >= 4 is 62.7 Å². The van der Waals surface area contributed by atoms with E-state index in [4.69, 9.17) is 5.11 Å². The molecule has 2 rings (SSSR count). The van der Waals surface area contributed by atoms with Crippen molar-refractivity contribution in [1.82, 2.24) is 0 Å². The molecule has 0 unspecified atom stereocenters. The molecule has 0 aliphatic rings. The number of nitrogens with one attached hydrogen (secondary N) is 1. The van der Waals surface area contributed by atoms with E-state index in [0.29, 0.717) is 18.4 Å². The number of phenolic OH excluding ortho intramolecular Hbond substituents is 1. The van der Waals surface area contributed by atoms with Gasteiger partial charge >= 0.3 is 5.97 Å². The van der Waals surface area contributed by atoms with Gasteiger partial charge in [-0.3, -0.25) is 4.79 Å². The summed E-state index contributed by atoms with van der Waals surface area (Å²) in [6.45, 7) is 0. The SMILES string of the molecule is O=C(O)c1ccc(NC(=O)c2cc(I)c(O)c(I)c2)cc1. The van der Waals surface area contributed by atoms with Crippen molar-refractivity contribution in [2.24, 2.45) is 0 Å². The number of benzene rings is 2. The summed E-state index contributed by atoms with van der Waals surface area (Å²) in [4.78, 5) is 22.9. The normalized spacial score (nSPS) is 10.2. The molecule has 0 aliphatic heterocycles. The molecule has 7 heteroatoms. The first-order valence-electron chi connectivity index (χ1n) is 5.71. The van der Waals surface area contributed by atoms with Gasteiger partial charge in [-0.25, -0.2) is 4.79 Å². The van der Waals surface area contributed by atoms with Gasteiger partial charge in [0.25, 0.3) is 5.91 Å². The molecule has 0 atom stereocenters. The molecule has 0 radical (unpaired) electrons. The van der Waals surface area contributed by atoms with E-state index in [0.717, 1.165) is 0 Å². The second kappa shape index (κ2) is 6.60. The van der Waals surface area contributed by atoms with Crippen LogP contribution in [-0.2, 0) is 0 Å². The van der Waals surface area contributed by atoms with Crippen LogP contribution in [0, 0.1) is 7.14 Å². The van der Waals surface area contributed by atoms with Crippen LogP contribution in [0.4, 0.5) is 5.69 Å². The van der Waals surface area contributed by atoms with Crippen LogP contribution in [0.25, 0.3) is 0 Å². The molecule has 21 heavy (non-hydrogen) atoms. The minimum Gasteiger partial charge on any atom is -0.506 e. The Morgan fingerprint density at radius 3 is 1.95 bits per heavy atom. The predicted molar refractivity (Wildman–Crippen MR) is 94.9 cm³/mol. The van der Waals surface area contributed by atoms with Gasteiger partial charge in [0.05, 0.1) is 12.7 Å². The molecule has 0 fully saturated rings. The molecule has 0 saturated heterocycles. The van der Waals surface area contributed by atoms with E-state index >= 15 is 0 Å². The standard InChI is InChI=1S/C14H9I2NO4/c15-10-5-8(6-11(16)12(10)18)13(19)17-9-3-1-7(2-4-9)14(20)21/h1-6,18H,(H,17,19)(H,20,21). The van der Waals surface area contributed by atoms with Crippen LogP contribution in [0.15, 0.2) is 36.4 Å². The highest BCUT2D eigenvalue weighted by Crippen LogP contribution is 2.27. The van der Waals surface area contributed by atoms with Gasteiger partial charge in [0.15, 0.2) is 0 Å². The number of rotatable bonds is 3. The summed E-state index contributed by atoms with van der Waals surface area (Å²) in [5.74, 6) is -1.19. The monoisotopic (exact) mass is 509 g/mol. The lowest BCUT2D eigenvalue weighted by Gasteiger charge is -2.08. The zero-order chi connectivity index (χ0) is 15.6. The Morgan fingerprint density at radius 2 is 1.48 bits per heavy atom. The first-order valence-corrected chi connectivity index (χ1v) is 7.87. The molecule has 2 aromatic carbocycles. The Labute approximate surface area is 147 Å². The Bertz CT molecular complexity index is 690. The van der Waals surface area contributed by atoms with Crippen molar-refractivity contribution in [3.8, 4) is 5.75 Å². The largest absolute Gasteiger partial charge is 0.506 e. The first-order chi connectivity index (χ1) is 9.88. The highest BCUT2D eigenvalue weighted by atomic mass is 127. The highest BCUT2D eigenvalue weighted by Gasteiger charge is 2.12. The van der Waals surface area contributed by atoms with Crippen LogP contribution < -0.4 is 5.32 Å². The number of aromatic carboxylic acids is 1. The average Bonchev–Trinajstić information content (AvgIpc) is 2.44. The van der Waals surface area contributed by atoms with Crippen molar-refractivity contribution in [3.63, 3.8) is 0 Å². The Morgan fingerprint density at radius 1 is 0.952 bits per heavy atom. The maximum atomic E-state index is 12.1. The molecule has 5 nitrogen and oxygen atoms in total.